The number of phenolic OH excluding ortho intramolecular Hbond substituents is 2. The average Bonchev–Trinajstić information content (AvgIpc) is 2.61. The third-order valence-corrected chi connectivity index (χ3v) is 2.45. The molecule has 14 heavy (non-hydrogen) atoms. The molecule has 0 unspecified atom stereocenters. The van der Waals surface area contributed by atoms with E-state index in [4.69, 9.17) is 0 Å². The van der Waals surface area contributed by atoms with Crippen LogP contribution in [0.3, 0.4) is 0 Å². The minimum atomic E-state index is 0. The number of hydrogen-bond acceptors (Lipinski definition) is 3. The van der Waals surface area contributed by atoms with E-state index in [1.54, 1.807) is 6.07 Å². The first-order valence-electron chi connectivity index (χ1n) is 4.52. The summed E-state index contributed by atoms with van der Waals surface area (Å²) in [4.78, 5) is 0. The summed E-state index contributed by atoms with van der Waals surface area (Å²) in [5, 5.41) is 22.1. The molecular weight excluding hydrogens is 202 g/mol. The molecule has 78 valence electrons. The average molecular weight is 216 g/mol. The van der Waals surface area contributed by atoms with Crippen LogP contribution < -0.4 is 5.32 Å². The number of phenols is 2. The van der Waals surface area contributed by atoms with Crippen molar-refractivity contribution in [2.24, 2.45) is 0 Å². The minimum absolute atomic E-state index is 0. The Labute approximate surface area is 89.2 Å². The van der Waals surface area contributed by atoms with Crippen LogP contribution in [0.15, 0.2) is 18.2 Å². The first kappa shape index (κ1) is 11.1. The number of aromatic hydroxyl groups is 2. The van der Waals surface area contributed by atoms with Gasteiger partial charge in [0.15, 0.2) is 0 Å². The zero-order valence-corrected chi connectivity index (χ0v) is 8.55. The summed E-state index contributed by atoms with van der Waals surface area (Å²) in [6.45, 7) is 0.986. The van der Waals surface area contributed by atoms with Crippen molar-refractivity contribution in [3.63, 3.8) is 0 Å². The van der Waals surface area contributed by atoms with Gasteiger partial charge in [-0.3, -0.25) is 0 Å². The summed E-state index contributed by atoms with van der Waals surface area (Å²) >= 11 is 0. The zero-order chi connectivity index (χ0) is 9.26. The maximum Gasteiger partial charge on any atom is 0.120 e. The van der Waals surface area contributed by atoms with Gasteiger partial charge in [0, 0.05) is 11.6 Å². The normalized spacial score (nSPS) is 20.4. The van der Waals surface area contributed by atoms with Gasteiger partial charge in [0.05, 0.1) is 0 Å². The second-order valence-corrected chi connectivity index (χ2v) is 3.39. The molecule has 0 spiro atoms. The van der Waals surface area contributed by atoms with Gasteiger partial charge in [0.2, 0.25) is 0 Å². The Hall–Kier alpha value is -0.930. The predicted molar refractivity (Wildman–Crippen MR) is 57.0 cm³/mol. The lowest BCUT2D eigenvalue weighted by Gasteiger charge is -2.12. The summed E-state index contributed by atoms with van der Waals surface area (Å²) < 4.78 is 0. The molecule has 1 aliphatic rings. The summed E-state index contributed by atoms with van der Waals surface area (Å²) in [5.74, 6) is 0.471. The maximum absolute atomic E-state index is 9.54. The van der Waals surface area contributed by atoms with Crippen LogP contribution >= 0.6 is 12.4 Å². The Morgan fingerprint density at radius 2 is 2.07 bits per heavy atom. The number of rotatable bonds is 1. The molecule has 1 saturated heterocycles. The van der Waals surface area contributed by atoms with Gasteiger partial charge >= 0.3 is 0 Å². The van der Waals surface area contributed by atoms with Crippen molar-refractivity contribution >= 4 is 12.4 Å². The monoisotopic (exact) mass is 215 g/mol. The number of nitrogens with one attached hydrogen (secondary N) is 1. The second-order valence-electron chi connectivity index (χ2n) is 3.39. The third-order valence-electron chi connectivity index (χ3n) is 2.45. The Bertz CT molecular complexity index is 311. The van der Waals surface area contributed by atoms with Gasteiger partial charge in [0.25, 0.3) is 0 Å². The molecule has 0 bridgehead atoms. The van der Waals surface area contributed by atoms with E-state index in [1.165, 1.54) is 12.1 Å². The van der Waals surface area contributed by atoms with E-state index >= 15 is 0 Å². The van der Waals surface area contributed by atoms with E-state index in [2.05, 4.69) is 5.32 Å². The van der Waals surface area contributed by atoms with Crippen molar-refractivity contribution in [3.05, 3.63) is 23.8 Å². The summed E-state index contributed by atoms with van der Waals surface area (Å²) in [6.07, 6.45) is 2.15. The minimum Gasteiger partial charge on any atom is -0.508 e. The molecule has 1 aromatic rings. The van der Waals surface area contributed by atoms with Crippen LogP contribution in [0, 0.1) is 0 Å². The van der Waals surface area contributed by atoms with Gasteiger partial charge in [-0.2, -0.15) is 0 Å². The molecule has 0 saturated carbocycles. The molecule has 0 amide bonds. The summed E-state index contributed by atoms with van der Waals surface area (Å²) in [5.41, 5.74) is 0.803. The van der Waals surface area contributed by atoms with Gasteiger partial charge in [-0.05, 0) is 37.6 Å². The highest BCUT2D eigenvalue weighted by Gasteiger charge is 2.19. The van der Waals surface area contributed by atoms with E-state index in [0.717, 1.165) is 24.9 Å². The topological polar surface area (TPSA) is 52.5 Å². The van der Waals surface area contributed by atoms with Crippen LogP contribution in [0.1, 0.15) is 24.4 Å². The van der Waals surface area contributed by atoms with E-state index in [9.17, 15) is 10.2 Å². The first-order valence-corrected chi connectivity index (χ1v) is 4.52. The van der Waals surface area contributed by atoms with Crippen LogP contribution in [0.5, 0.6) is 11.5 Å². The van der Waals surface area contributed by atoms with E-state index in [-0.39, 0.29) is 29.9 Å². The highest BCUT2D eigenvalue weighted by atomic mass is 35.5. The molecule has 4 heteroatoms. The van der Waals surface area contributed by atoms with Crippen molar-refractivity contribution in [1.82, 2.24) is 5.32 Å². The Balaban J connectivity index is 0.000000980. The Morgan fingerprint density at radius 3 is 2.71 bits per heavy atom. The number of halogens is 1. The summed E-state index contributed by atoms with van der Waals surface area (Å²) in [7, 11) is 0. The maximum atomic E-state index is 9.54. The van der Waals surface area contributed by atoms with Crippen molar-refractivity contribution < 1.29 is 10.2 Å². The SMILES string of the molecule is Cl.Oc1ccc(O)c([C@H]2CCCN2)c1. The van der Waals surface area contributed by atoms with E-state index in [1.807, 2.05) is 0 Å². The smallest absolute Gasteiger partial charge is 0.120 e. The van der Waals surface area contributed by atoms with Crippen LogP contribution in [0.2, 0.25) is 0 Å². The highest BCUT2D eigenvalue weighted by molar-refractivity contribution is 5.85. The number of hydrogen-bond donors (Lipinski definition) is 3. The first-order chi connectivity index (χ1) is 6.27. The third kappa shape index (κ3) is 2.11. The molecule has 3 nitrogen and oxygen atoms in total. The molecule has 0 aliphatic carbocycles. The van der Waals surface area contributed by atoms with Gasteiger partial charge in [-0.15, -0.1) is 12.4 Å². The standard InChI is InChI=1S/C10H13NO2.ClH/c12-7-3-4-10(13)8(6-7)9-2-1-5-11-9;/h3-4,6,9,11-13H,1-2,5H2;1H/t9-;/m1./s1. The van der Waals surface area contributed by atoms with Crippen LogP contribution in [0.25, 0.3) is 0 Å². The molecule has 1 aliphatic heterocycles. The quantitative estimate of drug-likeness (QED) is 0.628. The molecule has 0 radical (unpaired) electrons. The second kappa shape index (κ2) is 4.53. The molecule has 2 rings (SSSR count). The zero-order valence-electron chi connectivity index (χ0n) is 7.73. The molecule has 3 N–H and O–H groups in total. The number of benzene rings is 1. The molecule has 1 atom stereocenters. The van der Waals surface area contributed by atoms with Crippen LogP contribution in [0.4, 0.5) is 0 Å². The molecular formula is C10H14ClNO2. The largest absolute Gasteiger partial charge is 0.508 e. The fourth-order valence-electron chi connectivity index (χ4n) is 1.77. The fourth-order valence-corrected chi connectivity index (χ4v) is 1.77. The lowest BCUT2D eigenvalue weighted by Crippen LogP contribution is -2.12. The Kier molecular flexibility index (Phi) is 3.61. The van der Waals surface area contributed by atoms with Crippen molar-refractivity contribution in [2.75, 3.05) is 6.54 Å². The van der Waals surface area contributed by atoms with Crippen molar-refractivity contribution in [3.8, 4) is 11.5 Å². The van der Waals surface area contributed by atoms with E-state index in [0.29, 0.717) is 0 Å². The van der Waals surface area contributed by atoms with Gasteiger partial charge < -0.3 is 15.5 Å². The Morgan fingerprint density at radius 1 is 1.29 bits per heavy atom. The van der Waals surface area contributed by atoms with Gasteiger partial charge in [-0.1, -0.05) is 0 Å². The molecule has 1 heterocycles. The summed E-state index contributed by atoms with van der Waals surface area (Å²) in [6, 6.07) is 4.85. The lowest BCUT2D eigenvalue weighted by molar-refractivity contribution is 0.444. The van der Waals surface area contributed by atoms with Gasteiger partial charge in [-0.25, -0.2) is 0 Å². The van der Waals surface area contributed by atoms with Crippen molar-refractivity contribution in [2.45, 2.75) is 18.9 Å². The molecule has 0 aromatic heterocycles. The van der Waals surface area contributed by atoms with Gasteiger partial charge in [0.1, 0.15) is 11.5 Å². The van der Waals surface area contributed by atoms with E-state index < -0.39 is 0 Å². The highest BCUT2D eigenvalue weighted by Crippen LogP contribution is 2.32. The molecule has 1 fully saturated rings. The van der Waals surface area contributed by atoms with Crippen LogP contribution in [-0.4, -0.2) is 16.8 Å². The van der Waals surface area contributed by atoms with Crippen molar-refractivity contribution in [1.29, 1.82) is 0 Å². The molecule has 1 aromatic carbocycles. The predicted octanol–water partition coefficient (Wildman–Crippen LogP) is 1.94. The van der Waals surface area contributed by atoms with Crippen LogP contribution in [-0.2, 0) is 0 Å². The fraction of sp³-hybridized carbons (Fsp3) is 0.400. The lowest BCUT2D eigenvalue weighted by atomic mass is 10.0.